The van der Waals surface area contributed by atoms with Crippen molar-refractivity contribution < 1.29 is 9.53 Å². The van der Waals surface area contributed by atoms with Gasteiger partial charge < -0.3 is 37.9 Å². The number of rotatable bonds is 7. The maximum absolute atomic E-state index is 12.8. The number of carbonyl (C=O) groups is 1. The van der Waals surface area contributed by atoms with Gasteiger partial charge in [0.25, 0.3) is 0 Å². The number of nitrogens with zero attached hydrogens (tertiary/aromatic N) is 6. The Bertz CT molecular complexity index is 3980. The average Bonchev–Trinajstić information content (AvgIpc) is 3.98. The molecule has 9 N–H and O–H groups in total. The van der Waals surface area contributed by atoms with Crippen LogP contribution in [0.1, 0.15) is 70.4 Å². The van der Waals surface area contributed by atoms with Crippen LogP contribution in [0.2, 0.25) is 0 Å². The van der Waals surface area contributed by atoms with Gasteiger partial charge in [0.05, 0.1) is 51.1 Å². The minimum atomic E-state index is -0.561. The van der Waals surface area contributed by atoms with E-state index in [0.29, 0.717) is 11.4 Å². The third-order valence-corrected chi connectivity index (χ3v) is 15.6. The molecular formula is C65H61ClN12O2. The van der Waals surface area contributed by atoms with E-state index in [1.54, 1.807) is 6.20 Å². The van der Waals surface area contributed by atoms with Gasteiger partial charge in [-0.3, -0.25) is 9.13 Å². The molecule has 0 bridgehead atoms. The van der Waals surface area contributed by atoms with Crippen LogP contribution in [0.25, 0.3) is 79.2 Å². The third kappa shape index (κ3) is 9.25. The van der Waals surface area contributed by atoms with E-state index in [0.717, 1.165) is 140 Å². The number of benzene rings is 6. The fourth-order valence-corrected chi connectivity index (χ4v) is 11.4. The molecule has 4 aromatic heterocycles. The molecule has 400 valence electrons. The Morgan fingerprint density at radius 3 is 1.45 bits per heavy atom. The zero-order chi connectivity index (χ0) is 54.0. The predicted octanol–water partition coefficient (Wildman–Crippen LogP) is 14.5. The summed E-state index contributed by atoms with van der Waals surface area (Å²) in [4.78, 5) is 32.7. The fraction of sp³-hybridized carbons (Fsp3) is 0.185. The van der Waals surface area contributed by atoms with E-state index < -0.39 is 17.2 Å². The number of alkyl carbamates (subject to hydrolysis) is 1. The number of aromatic nitrogens is 6. The summed E-state index contributed by atoms with van der Waals surface area (Å²) in [5.74, 6) is 3.20. The highest BCUT2D eigenvalue weighted by atomic mass is 35.5. The quantitative estimate of drug-likeness (QED) is 0.0829. The highest BCUT2D eigenvalue weighted by Gasteiger charge is 2.42. The second-order valence-electron chi connectivity index (χ2n) is 22.0. The summed E-state index contributed by atoms with van der Waals surface area (Å²) in [5.41, 5.74) is 34.8. The largest absolute Gasteiger partial charge is 0.444 e. The standard InChI is InChI=1S/C35H34N6O2.C30H26N6.ClH/c1-34(2,3)43-33(42)40-35(18-8-19-35)24-16-14-22(15-17-24)30-29(23-9-6-10-25(36)21-23)39-32-26-11-4-5-12-27(26)38-31-28(41(30)32)13-7-20-37-31;31-22-7-3-6-20(18-22)26-27(19-11-13-21(14-12-19)30(32)15-5-16-30)36-25-10-4-17-33-28(25)34-24-9-2-1-8-23(24)29(36)35-26;/h4-7,9-17,20-21H,8,18-19,36H2,1-3H3,(H,37,38)(H,40,42);1-4,6-14,17-18H,5,15-16,31-32H2,(H,33,34);1H. The van der Waals surface area contributed by atoms with Gasteiger partial charge in [0.1, 0.15) is 17.2 Å². The molecule has 0 spiro atoms. The number of hydrogen-bond acceptors (Lipinski definition) is 11. The number of fused-ring (bicyclic) bond motifs is 10. The lowest BCUT2D eigenvalue weighted by molar-refractivity contribution is 0.0377. The number of ether oxygens (including phenoxy) is 1. The molecule has 2 fully saturated rings. The highest BCUT2D eigenvalue weighted by molar-refractivity contribution is 5.93. The SMILES string of the molecule is CC(C)(C)OC(=O)NC1(c2ccc(-c3c(-c4cccc(N)c4)nc4n3-c3cccnc3Nc3ccccc3-4)cc2)CCC1.Cl.Nc1cccc(-c2nc3n(c2-c2ccc(C4(N)CCC4)cc2)-c2cccnc2Nc2ccccc2-3)c1. The van der Waals surface area contributed by atoms with Crippen molar-refractivity contribution in [3.05, 3.63) is 193 Å². The van der Waals surface area contributed by atoms with Crippen LogP contribution in [0.5, 0.6) is 0 Å². The van der Waals surface area contributed by atoms with Crippen LogP contribution in [0.3, 0.4) is 0 Å². The summed E-state index contributed by atoms with van der Waals surface area (Å²) < 4.78 is 10.0. The molecule has 2 aliphatic carbocycles. The molecule has 10 aromatic rings. The van der Waals surface area contributed by atoms with Crippen molar-refractivity contribution in [3.8, 4) is 79.2 Å². The maximum Gasteiger partial charge on any atom is 0.408 e. The molecular weight excluding hydrogens is 1020 g/mol. The molecule has 0 unspecified atom stereocenters. The number of amides is 1. The Balaban J connectivity index is 0.000000160. The number of halogens is 1. The lowest BCUT2D eigenvalue weighted by Gasteiger charge is -2.43. The van der Waals surface area contributed by atoms with Crippen molar-refractivity contribution in [1.29, 1.82) is 0 Å². The van der Waals surface area contributed by atoms with E-state index in [1.807, 2.05) is 112 Å². The average molecular weight is 1080 g/mol. The minimum Gasteiger partial charge on any atom is -0.444 e. The summed E-state index contributed by atoms with van der Waals surface area (Å²) in [6.45, 7) is 5.63. The van der Waals surface area contributed by atoms with E-state index in [2.05, 4.69) is 115 Å². The minimum absolute atomic E-state index is 0. The number of carbonyl (C=O) groups excluding carboxylic acids is 1. The van der Waals surface area contributed by atoms with Crippen molar-refractivity contribution in [2.24, 2.45) is 5.73 Å². The van der Waals surface area contributed by atoms with Crippen LogP contribution >= 0.6 is 12.4 Å². The van der Waals surface area contributed by atoms with Gasteiger partial charge in [0.2, 0.25) is 0 Å². The van der Waals surface area contributed by atoms with Crippen LogP contribution in [-0.4, -0.2) is 40.8 Å². The van der Waals surface area contributed by atoms with Crippen LogP contribution in [-0.2, 0) is 15.8 Å². The van der Waals surface area contributed by atoms with Gasteiger partial charge in [0.15, 0.2) is 11.6 Å². The van der Waals surface area contributed by atoms with E-state index in [-0.39, 0.29) is 17.9 Å². The van der Waals surface area contributed by atoms with Gasteiger partial charge in [0, 0.05) is 62.7 Å². The molecule has 2 aliphatic heterocycles. The van der Waals surface area contributed by atoms with E-state index in [4.69, 9.17) is 36.9 Å². The van der Waals surface area contributed by atoms with Crippen molar-refractivity contribution >= 4 is 52.9 Å². The Morgan fingerprint density at radius 1 is 0.562 bits per heavy atom. The number of imidazole rings is 2. The van der Waals surface area contributed by atoms with Gasteiger partial charge in [-0.15, -0.1) is 12.4 Å². The summed E-state index contributed by atoms with van der Waals surface area (Å²) >= 11 is 0. The predicted molar refractivity (Wildman–Crippen MR) is 323 cm³/mol. The molecule has 0 radical (unpaired) electrons. The number of para-hydroxylation sites is 2. The molecule has 0 saturated heterocycles. The number of pyridine rings is 2. The van der Waals surface area contributed by atoms with Crippen LogP contribution in [0.4, 0.5) is 39.2 Å². The molecule has 6 heterocycles. The number of nitrogen functional groups attached to an aromatic ring is 2. The topological polar surface area (TPSA) is 202 Å². The normalized spacial score (nSPS) is 14.7. The molecule has 0 atom stereocenters. The molecule has 14 nitrogen and oxygen atoms in total. The highest BCUT2D eigenvalue weighted by Crippen LogP contribution is 2.48. The third-order valence-electron chi connectivity index (χ3n) is 15.6. The zero-order valence-corrected chi connectivity index (χ0v) is 45.5. The first-order valence-electron chi connectivity index (χ1n) is 26.9. The van der Waals surface area contributed by atoms with Crippen molar-refractivity contribution in [3.63, 3.8) is 0 Å². The Morgan fingerprint density at radius 2 is 1.02 bits per heavy atom. The lowest BCUT2D eigenvalue weighted by atomic mass is 9.71. The first-order chi connectivity index (χ1) is 38.3. The van der Waals surface area contributed by atoms with Gasteiger partial charge >= 0.3 is 6.09 Å². The molecule has 80 heavy (non-hydrogen) atoms. The van der Waals surface area contributed by atoms with Gasteiger partial charge in [-0.2, -0.15) is 0 Å². The summed E-state index contributed by atoms with van der Waals surface area (Å²) in [6, 6.07) is 57.3. The fourth-order valence-electron chi connectivity index (χ4n) is 11.4. The summed E-state index contributed by atoms with van der Waals surface area (Å²) in [5, 5.41) is 10.2. The van der Waals surface area contributed by atoms with Gasteiger partial charge in [-0.05, 0) is 143 Å². The second kappa shape index (κ2) is 20.2. The Kier molecular flexibility index (Phi) is 13.0. The first-order valence-corrected chi connectivity index (χ1v) is 26.9. The maximum atomic E-state index is 12.8. The first kappa shape index (κ1) is 51.5. The van der Waals surface area contributed by atoms with Crippen molar-refractivity contribution in [1.82, 2.24) is 34.4 Å². The Hall–Kier alpha value is -9.24. The number of hydrogen-bond donors (Lipinski definition) is 6. The molecule has 2 saturated carbocycles. The van der Waals surface area contributed by atoms with Gasteiger partial charge in [-0.1, -0.05) is 97.1 Å². The number of nitrogens with two attached hydrogens (primary N) is 3. The molecule has 4 aliphatic rings. The smallest absolute Gasteiger partial charge is 0.408 e. The molecule has 15 heteroatoms. The molecule has 6 aromatic carbocycles. The summed E-state index contributed by atoms with van der Waals surface area (Å²) in [6.07, 6.45) is 9.23. The lowest BCUT2D eigenvalue weighted by Crippen LogP contribution is -2.52. The van der Waals surface area contributed by atoms with Crippen molar-refractivity contribution in [2.45, 2.75) is 76.0 Å². The Labute approximate surface area is 470 Å². The molecule has 1 amide bonds. The summed E-state index contributed by atoms with van der Waals surface area (Å²) in [7, 11) is 0. The van der Waals surface area contributed by atoms with Crippen LogP contribution in [0.15, 0.2) is 182 Å². The second-order valence-corrected chi connectivity index (χ2v) is 22.0. The zero-order valence-electron chi connectivity index (χ0n) is 44.7. The number of nitrogens with one attached hydrogen (secondary N) is 3. The van der Waals surface area contributed by atoms with Gasteiger partial charge in [-0.25, -0.2) is 24.7 Å². The van der Waals surface area contributed by atoms with Crippen LogP contribution in [0, 0.1) is 0 Å². The number of anilines is 6. The van der Waals surface area contributed by atoms with E-state index in [1.165, 1.54) is 12.0 Å². The van der Waals surface area contributed by atoms with E-state index in [9.17, 15) is 4.79 Å². The van der Waals surface area contributed by atoms with Crippen LogP contribution < -0.4 is 33.2 Å². The molecule has 14 rings (SSSR count). The van der Waals surface area contributed by atoms with E-state index >= 15 is 0 Å². The van der Waals surface area contributed by atoms with Crippen molar-refractivity contribution in [2.75, 3.05) is 22.1 Å². The monoisotopic (exact) mass is 1080 g/mol.